The number of nitrogens with one attached hydrogen (secondary N) is 3. The molecule has 6 heteroatoms. The van der Waals surface area contributed by atoms with Crippen molar-refractivity contribution in [2.75, 3.05) is 13.1 Å². The van der Waals surface area contributed by atoms with Crippen molar-refractivity contribution < 1.29 is 9.18 Å². The van der Waals surface area contributed by atoms with Gasteiger partial charge in [-0.3, -0.25) is 4.79 Å². The highest BCUT2D eigenvalue weighted by molar-refractivity contribution is 6.34. The maximum atomic E-state index is 13.4. The second-order valence-corrected chi connectivity index (χ2v) is 7.01. The van der Waals surface area contributed by atoms with E-state index in [-0.39, 0.29) is 17.8 Å². The minimum Gasteiger partial charge on any atom is -0.360 e. The Bertz CT molecular complexity index is 963. The summed E-state index contributed by atoms with van der Waals surface area (Å²) in [6, 6.07) is 10.2. The van der Waals surface area contributed by atoms with Gasteiger partial charge in [0.2, 0.25) is 0 Å². The topological polar surface area (TPSA) is 56.9 Å². The molecule has 1 fully saturated rings. The van der Waals surface area contributed by atoms with Crippen LogP contribution in [0.5, 0.6) is 0 Å². The zero-order chi connectivity index (χ0) is 18.1. The van der Waals surface area contributed by atoms with E-state index in [1.807, 2.05) is 12.3 Å². The van der Waals surface area contributed by atoms with Gasteiger partial charge in [0.15, 0.2) is 0 Å². The molecule has 0 unspecified atom stereocenters. The molecule has 0 bridgehead atoms. The van der Waals surface area contributed by atoms with Crippen LogP contribution in [0.2, 0.25) is 5.02 Å². The zero-order valence-corrected chi connectivity index (χ0v) is 14.9. The molecular weight excluding hydrogens is 353 g/mol. The number of H-pyrrole nitrogens is 1. The Hall–Kier alpha value is -2.37. The summed E-state index contributed by atoms with van der Waals surface area (Å²) in [6.07, 6.45) is 3.85. The molecular formula is C20H19ClFN3O. The van der Waals surface area contributed by atoms with Crippen molar-refractivity contribution >= 4 is 28.4 Å². The first-order valence-corrected chi connectivity index (χ1v) is 9.08. The Labute approximate surface area is 155 Å². The molecule has 0 radical (unpaired) electrons. The Morgan fingerprint density at radius 1 is 1.23 bits per heavy atom. The molecule has 134 valence electrons. The molecule has 1 aromatic heterocycles. The first-order chi connectivity index (χ1) is 12.6. The minimum atomic E-state index is -0.284. The summed E-state index contributed by atoms with van der Waals surface area (Å²) >= 11 is 6.39. The number of carbonyl (C=O) groups excluding carboxylic acids is 1. The van der Waals surface area contributed by atoms with Gasteiger partial charge in [0.1, 0.15) is 5.82 Å². The van der Waals surface area contributed by atoms with Crippen LogP contribution in [0.1, 0.15) is 23.2 Å². The highest BCUT2D eigenvalue weighted by atomic mass is 35.5. The molecule has 1 saturated heterocycles. The molecule has 1 aliphatic heterocycles. The van der Waals surface area contributed by atoms with Crippen molar-refractivity contribution in [2.45, 2.75) is 18.9 Å². The molecule has 4 nitrogen and oxygen atoms in total. The van der Waals surface area contributed by atoms with Gasteiger partial charge < -0.3 is 15.6 Å². The van der Waals surface area contributed by atoms with Crippen molar-refractivity contribution in [3.05, 3.63) is 59.0 Å². The second-order valence-electron chi connectivity index (χ2n) is 6.60. The van der Waals surface area contributed by atoms with Gasteiger partial charge in [0.05, 0.1) is 10.6 Å². The molecule has 3 N–H and O–H groups in total. The predicted molar refractivity (Wildman–Crippen MR) is 102 cm³/mol. The summed E-state index contributed by atoms with van der Waals surface area (Å²) in [4.78, 5) is 15.6. The van der Waals surface area contributed by atoms with E-state index in [2.05, 4.69) is 15.6 Å². The minimum absolute atomic E-state index is 0.135. The van der Waals surface area contributed by atoms with Crippen LogP contribution < -0.4 is 10.6 Å². The van der Waals surface area contributed by atoms with E-state index in [9.17, 15) is 9.18 Å². The van der Waals surface area contributed by atoms with Gasteiger partial charge in [-0.1, -0.05) is 17.7 Å². The third kappa shape index (κ3) is 3.32. The first kappa shape index (κ1) is 17.1. The molecule has 0 spiro atoms. The highest BCUT2D eigenvalue weighted by Crippen LogP contribution is 2.31. The number of aromatic nitrogens is 1. The molecule has 26 heavy (non-hydrogen) atoms. The van der Waals surface area contributed by atoms with Crippen LogP contribution in [-0.2, 0) is 0 Å². The number of hydrogen-bond acceptors (Lipinski definition) is 2. The summed E-state index contributed by atoms with van der Waals surface area (Å²) in [5, 5.41) is 7.62. The third-order valence-corrected chi connectivity index (χ3v) is 5.11. The van der Waals surface area contributed by atoms with Gasteiger partial charge in [0.25, 0.3) is 5.91 Å². The number of rotatable bonds is 3. The lowest BCUT2D eigenvalue weighted by Crippen LogP contribution is -2.45. The second kappa shape index (κ2) is 7.09. The average molecular weight is 372 g/mol. The smallest absolute Gasteiger partial charge is 0.253 e. The summed E-state index contributed by atoms with van der Waals surface area (Å²) in [6.45, 7) is 1.78. The molecule has 3 aromatic rings. The van der Waals surface area contributed by atoms with Gasteiger partial charge in [-0.05, 0) is 55.3 Å². The van der Waals surface area contributed by atoms with Crippen LogP contribution in [0.15, 0.2) is 42.6 Å². The third-order valence-electron chi connectivity index (χ3n) is 4.80. The first-order valence-electron chi connectivity index (χ1n) is 8.70. The molecule has 0 saturated carbocycles. The largest absolute Gasteiger partial charge is 0.360 e. The van der Waals surface area contributed by atoms with Crippen LogP contribution in [0, 0.1) is 5.82 Å². The molecule has 1 amide bonds. The van der Waals surface area contributed by atoms with Gasteiger partial charge in [0, 0.05) is 35.2 Å². The molecule has 1 atom stereocenters. The van der Waals surface area contributed by atoms with Crippen molar-refractivity contribution in [3.8, 4) is 11.1 Å². The Kier molecular flexibility index (Phi) is 4.66. The van der Waals surface area contributed by atoms with Gasteiger partial charge in [-0.15, -0.1) is 0 Å². The van der Waals surface area contributed by atoms with Gasteiger partial charge in [-0.2, -0.15) is 0 Å². The van der Waals surface area contributed by atoms with E-state index in [0.717, 1.165) is 48.0 Å². The van der Waals surface area contributed by atoms with Crippen molar-refractivity contribution in [3.63, 3.8) is 0 Å². The molecule has 1 aliphatic rings. The number of halogens is 2. The van der Waals surface area contributed by atoms with E-state index in [1.165, 1.54) is 12.1 Å². The van der Waals surface area contributed by atoms with E-state index in [4.69, 9.17) is 11.6 Å². The maximum Gasteiger partial charge on any atom is 0.253 e. The normalized spacial score (nSPS) is 17.4. The molecule has 2 aromatic carbocycles. The summed E-state index contributed by atoms with van der Waals surface area (Å²) in [7, 11) is 0. The van der Waals surface area contributed by atoms with Crippen LogP contribution >= 0.6 is 11.6 Å². The summed E-state index contributed by atoms with van der Waals surface area (Å²) in [5.74, 6) is -0.440. The van der Waals surface area contributed by atoms with Crippen LogP contribution in [0.3, 0.4) is 0 Å². The van der Waals surface area contributed by atoms with Crippen molar-refractivity contribution in [2.24, 2.45) is 0 Å². The Morgan fingerprint density at radius 2 is 2.12 bits per heavy atom. The highest BCUT2D eigenvalue weighted by Gasteiger charge is 2.18. The fourth-order valence-corrected chi connectivity index (χ4v) is 3.71. The Balaban J connectivity index is 1.59. The van der Waals surface area contributed by atoms with Gasteiger partial charge >= 0.3 is 0 Å². The number of piperidine rings is 1. The van der Waals surface area contributed by atoms with Gasteiger partial charge in [-0.25, -0.2) is 4.39 Å². The summed E-state index contributed by atoms with van der Waals surface area (Å²) in [5.41, 5.74) is 2.99. The van der Waals surface area contributed by atoms with Crippen LogP contribution in [0.25, 0.3) is 22.0 Å². The summed E-state index contributed by atoms with van der Waals surface area (Å²) < 4.78 is 13.4. The number of aromatic amines is 1. The zero-order valence-electron chi connectivity index (χ0n) is 14.1. The van der Waals surface area contributed by atoms with E-state index < -0.39 is 0 Å². The number of fused-ring (bicyclic) bond motifs is 1. The lowest BCUT2D eigenvalue weighted by atomic mass is 10.0. The van der Waals surface area contributed by atoms with Crippen molar-refractivity contribution in [1.29, 1.82) is 0 Å². The van der Waals surface area contributed by atoms with E-state index in [1.54, 1.807) is 18.2 Å². The molecule has 4 rings (SSSR count). The fraction of sp³-hybridized carbons (Fsp3) is 0.250. The molecule has 2 heterocycles. The standard InChI is InChI=1S/C20H19ClFN3O/c21-18-8-12(17-11-24-19-9-13(22)4-6-15(17)19)3-5-16(18)20(26)25-14-2-1-7-23-10-14/h3-6,8-9,11,14,23-24H,1-2,7,10H2,(H,25,26)/t14-/m0/s1. The number of carbonyl (C=O) groups is 1. The van der Waals surface area contributed by atoms with E-state index in [0.29, 0.717) is 10.6 Å². The van der Waals surface area contributed by atoms with Crippen LogP contribution in [0.4, 0.5) is 4.39 Å². The maximum absolute atomic E-state index is 13.4. The SMILES string of the molecule is O=C(N[C@H]1CCCNC1)c1ccc(-c2c[nH]c3cc(F)ccc23)cc1Cl. The van der Waals surface area contributed by atoms with Crippen LogP contribution in [-0.4, -0.2) is 30.0 Å². The Morgan fingerprint density at radius 3 is 2.88 bits per heavy atom. The average Bonchev–Trinajstić information content (AvgIpc) is 3.05. The quantitative estimate of drug-likeness (QED) is 0.649. The lowest BCUT2D eigenvalue weighted by Gasteiger charge is -2.24. The van der Waals surface area contributed by atoms with Crippen molar-refractivity contribution in [1.82, 2.24) is 15.6 Å². The monoisotopic (exact) mass is 371 g/mol. The van der Waals surface area contributed by atoms with E-state index >= 15 is 0 Å². The number of amides is 1. The number of benzene rings is 2. The lowest BCUT2D eigenvalue weighted by molar-refractivity contribution is 0.0931. The fourth-order valence-electron chi connectivity index (χ4n) is 3.44. The predicted octanol–water partition coefficient (Wildman–Crippen LogP) is 4.11. The molecule has 0 aliphatic carbocycles. The number of hydrogen-bond donors (Lipinski definition) is 3.